The number of piperidine rings is 1. The van der Waals surface area contributed by atoms with E-state index in [9.17, 15) is 0 Å². The minimum atomic E-state index is 0.399. The lowest BCUT2D eigenvalue weighted by Gasteiger charge is -2.46. The van der Waals surface area contributed by atoms with Gasteiger partial charge >= 0.3 is 0 Å². The minimum absolute atomic E-state index is 0.399. The number of hydrogen-bond acceptors (Lipinski definition) is 2. The van der Waals surface area contributed by atoms with Crippen LogP contribution in [0, 0.1) is 11.8 Å². The first-order valence-corrected chi connectivity index (χ1v) is 8.02. The van der Waals surface area contributed by atoms with E-state index in [0.717, 1.165) is 11.8 Å². The highest BCUT2D eigenvalue weighted by Crippen LogP contribution is 2.32. The van der Waals surface area contributed by atoms with Crippen LogP contribution in [0.5, 0.6) is 0 Å². The summed E-state index contributed by atoms with van der Waals surface area (Å²) in [7, 11) is 2.08. The summed E-state index contributed by atoms with van der Waals surface area (Å²) in [6.45, 7) is 10.8. The van der Waals surface area contributed by atoms with Crippen molar-refractivity contribution >= 4 is 0 Å². The molecule has 2 heteroatoms. The maximum Gasteiger partial charge on any atom is 0.0473 e. The number of hydrogen-bond donors (Lipinski definition) is 1. The molecule has 1 aliphatic heterocycles. The van der Waals surface area contributed by atoms with Crippen molar-refractivity contribution in [2.45, 2.75) is 52.2 Å². The van der Waals surface area contributed by atoms with E-state index < -0.39 is 0 Å². The molecule has 0 amide bonds. The van der Waals surface area contributed by atoms with E-state index >= 15 is 0 Å². The van der Waals surface area contributed by atoms with Gasteiger partial charge in [-0.25, -0.2) is 0 Å². The molecule has 112 valence electrons. The van der Waals surface area contributed by atoms with Gasteiger partial charge in [0.2, 0.25) is 0 Å². The van der Waals surface area contributed by atoms with E-state index in [0.29, 0.717) is 18.1 Å². The second-order valence-electron chi connectivity index (χ2n) is 6.67. The van der Waals surface area contributed by atoms with Crippen LogP contribution in [0.2, 0.25) is 0 Å². The average molecular weight is 274 g/mol. The summed E-state index contributed by atoms with van der Waals surface area (Å²) in [5.74, 6) is 1.59. The average Bonchev–Trinajstić information content (AvgIpc) is 2.44. The summed E-state index contributed by atoms with van der Waals surface area (Å²) in [6.07, 6.45) is 1.36. The van der Waals surface area contributed by atoms with Crippen LogP contribution in [0.4, 0.5) is 0 Å². The largest absolute Gasteiger partial charge is 0.312 e. The second kappa shape index (κ2) is 6.73. The number of rotatable bonds is 4. The van der Waals surface area contributed by atoms with Gasteiger partial charge in [-0.3, -0.25) is 4.90 Å². The second-order valence-corrected chi connectivity index (χ2v) is 6.67. The van der Waals surface area contributed by atoms with Gasteiger partial charge in [0.15, 0.2) is 0 Å². The quantitative estimate of drug-likeness (QED) is 0.900. The summed E-state index contributed by atoms with van der Waals surface area (Å²) in [4.78, 5) is 2.70. The molecule has 0 aromatic heterocycles. The van der Waals surface area contributed by atoms with Crippen molar-refractivity contribution in [2.75, 3.05) is 13.6 Å². The maximum absolute atomic E-state index is 3.52. The van der Waals surface area contributed by atoms with Gasteiger partial charge in [-0.1, -0.05) is 44.2 Å². The van der Waals surface area contributed by atoms with E-state index in [4.69, 9.17) is 0 Å². The van der Waals surface area contributed by atoms with Crippen molar-refractivity contribution in [3.05, 3.63) is 35.9 Å². The van der Waals surface area contributed by atoms with Crippen molar-refractivity contribution in [3.8, 4) is 0 Å². The van der Waals surface area contributed by atoms with Crippen LogP contribution in [-0.2, 0) is 0 Å². The third-order valence-electron chi connectivity index (χ3n) is 5.12. The van der Waals surface area contributed by atoms with Crippen LogP contribution in [0.15, 0.2) is 30.3 Å². The smallest absolute Gasteiger partial charge is 0.0473 e. The Labute approximate surface area is 124 Å². The van der Waals surface area contributed by atoms with Crippen LogP contribution < -0.4 is 5.32 Å². The molecule has 2 nitrogen and oxygen atoms in total. The van der Waals surface area contributed by atoms with Crippen LogP contribution >= 0.6 is 0 Å². The van der Waals surface area contributed by atoms with Crippen molar-refractivity contribution in [1.29, 1.82) is 0 Å². The van der Waals surface area contributed by atoms with E-state index in [1.54, 1.807) is 0 Å². The standard InChI is InChI=1S/C18H30N2/c1-13-11-14(2)15(3)20(12-13)16(4)18(19-5)17-9-7-6-8-10-17/h6-10,13-16,18-19H,11-12H2,1-5H3. The highest BCUT2D eigenvalue weighted by atomic mass is 15.2. The van der Waals surface area contributed by atoms with Gasteiger partial charge in [0.1, 0.15) is 0 Å². The van der Waals surface area contributed by atoms with Crippen LogP contribution in [-0.4, -0.2) is 30.6 Å². The molecule has 20 heavy (non-hydrogen) atoms. The molecule has 1 fully saturated rings. The molecule has 1 aliphatic rings. The third-order valence-corrected chi connectivity index (χ3v) is 5.12. The Bertz CT molecular complexity index is 403. The first-order chi connectivity index (χ1) is 9.54. The predicted molar refractivity (Wildman–Crippen MR) is 86.8 cm³/mol. The number of nitrogens with zero attached hydrogens (tertiary/aromatic N) is 1. The Kier molecular flexibility index (Phi) is 5.22. The van der Waals surface area contributed by atoms with Crippen LogP contribution in [0.25, 0.3) is 0 Å². The zero-order valence-corrected chi connectivity index (χ0v) is 13.6. The van der Waals surface area contributed by atoms with Gasteiger partial charge in [-0.2, -0.15) is 0 Å². The van der Waals surface area contributed by atoms with E-state index in [2.05, 4.69) is 75.3 Å². The van der Waals surface area contributed by atoms with Crippen molar-refractivity contribution in [2.24, 2.45) is 11.8 Å². The number of likely N-dealkylation sites (tertiary alicyclic amines) is 1. The highest BCUT2D eigenvalue weighted by Gasteiger charge is 2.34. The summed E-state index contributed by atoms with van der Waals surface area (Å²) in [5, 5.41) is 3.52. The first-order valence-electron chi connectivity index (χ1n) is 8.02. The molecule has 5 atom stereocenters. The lowest BCUT2D eigenvalue weighted by molar-refractivity contribution is 0.0327. The molecule has 1 N–H and O–H groups in total. The van der Waals surface area contributed by atoms with Gasteiger partial charge in [0, 0.05) is 24.7 Å². The molecule has 0 saturated carbocycles. The predicted octanol–water partition coefficient (Wildman–Crippen LogP) is 3.70. The summed E-state index contributed by atoms with van der Waals surface area (Å²) >= 11 is 0. The van der Waals surface area contributed by atoms with Gasteiger partial charge in [-0.15, -0.1) is 0 Å². The van der Waals surface area contributed by atoms with Crippen molar-refractivity contribution in [1.82, 2.24) is 10.2 Å². The first kappa shape index (κ1) is 15.5. The Balaban J connectivity index is 2.17. The van der Waals surface area contributed by atoms with Crippen LogP contribution in [0.3, 0.4) is 0 Å². The molecule has 2 rings (SSSR count). The molecule has 5 unspecified atom stereocenters. The number of benzene rings is 1. The third kappa shape index (κ3) is 3.24. The minimum Gasteiger partial charge on any atom is -0.312 e. The van der Waals surface area contributed by atoms with E-state index in [1.807, 2.05) is 0 Å². The zero-order chi connectivity index (χ0) is 14.7. The fourth-order valence-electron chi connectivity index (χ4n) is 3.83. The fraction of sp³-hybridized carbons (Fsp3) is 0.667. The number of likely N-dealkylation sites (N-methyl/N-ethyl adjacent to an activating group) is 1. The lowest BCUT2D eigenvalue weighted by atomic mass is 9.84. The van der Waals surface area contributed by atoms with Gasteiger partial charge in [0.25, 0.3) is 0 Å². The molecule has 0 bridgehead atoms. The molecule has 1 heterocycles. The Morgan fingerprint density at radius 1 is 1.15 bits per heavy atom. The molecule has 0 spiro atoms. The zero-order valence-electron chi connectivity index (χ0n) is 13.6. The summed E-state index contributed by atoms with van der Waals surface area (Å²) < 4.78 is 0. The molecule has 1 aromatic rings. The van der Waals surface area contributed by atoms with E-state index in [1.165, 1.54) is 18.5 Å². The molecule has 1 saturated heterocycles. The highest BCUT2D eigenvalue weighted by molar-refractivity contribution is 5.20. The summed E-state index contributed by atoms with van der Waals surface area (Å²) in [5.41, 5.74) is 1.39. The van der Waals surface area contributed by atoms with Gasteiger partial charge in [0.05, 0.1) is 0 Å². The van der Waals surface area contributed by atoms with Gasteiger partial charge in [-0.05, 0) is 44.7 Å². The molecule has 0 aliphatic carbocycles. The topological polar surface area (TPSA) is 15.3 Å². The fourth-order valence-corrected chi connectivity index (χ4v) is 3.83. The van der Waals surface area contributed by atoms with Crippen molar-refractivity contribution < 1.29 is 0 Å². The van der Waals surface area contributed by atoms with Crippen molar-refractivity contribution in [3.63, 3.8) is 0 Å². The molecule has 0 radical (unpaired) electrons. The SMILES string of the molecule is CNC(c1ccccc1)C(C)N1CC(C)CC(C)C1C. The van der Waals surface area contributed by atoms with E-state index in [-0.39, 0.29) is 0 Å². The maximum atomic E-state index is 3.52. The Morgan fingerprint density at radius 3 is 2.40 bits per heavy atom. The van der Waals surface area contributed by atoms with Gasteiger partial charge < -0.3 is 5.32 Å². The molecular weight excluding hydrogens is 244 g/mol. The lowest BCUT2D eigenvalue weighted by Crippen LogP contribution is -2.53. The Hall–Kier alpha value is -0.860. The van der Waals surface area contributed by atoms with Crippen LogP contribution in [0.1, 0.15) is 45.7 Å². The summed E-state index contributed by atoms with van der Waals surface area (Å²) in [6, 6.07) is 12.4. The number of nitrogens with one attached hydrogen (secondary N) is 1. The normalized spacial score (nSPS) is 30.9. The Morgan fingerprint density at radius 2 is 1.80 bits per heavy atom. The monoisotopic (exact) mass is 274 g/mol. The molecular formula is C18H30N2. The molecule has 1 aromatic carbocycles.